The number of fused-ring (bicyclic) bond motifs is 18. The topological polar surface area (TPSA) is 65.0 Å². The fraction of sp³-hybridized carbons (Fsp3) is 0.114. The van der Waals surface area contributed by atoms with Crippen molar-refractivity contribution in [3.05, 3.63) is 300 Å². The molecule has 3 aliphatic carbocycles. The molecule has 0 unspecified atom stereocenters. The van der Waals surface area contributed by atoms with Crippen molar-refractivity contribution < 1.29 is 9.53 Å². The highest BCUT2D eigenvalue weighted by molar-refractivity contribution is 6.07. The highest BCUT2D eigenvalue weighted by Crippen LogP contribution is 2.68. The lowest BCUT2D eigenvalue weighted by Crippen LogP contribution is -2.44. The van der Waals surface area contributed by atoms with Crippen molar-refractivity contribution in [2.45, 2.75) is 54.8 Å². The van der Waals surface area contributed by atoms with Crippen LogP contribution >= 0.6 is 0 Å². The van der Waals surface area contributed by atoms with Gasteiger partial charge in [0.2, 0.25) is 0 Å². The minimum atomic E-state index is -0.826. The number of aryl methyl sites for hydroxylation is 1. The van der Waals surface area contributed by atoms with E-state index in [1.165, 1.54) is 66.1 Å². The van der Waals surface area contributed by atoms with Gasteiger partial charge >= 0.3 is 5.97 Å². The number of pyridine rings is 3. The van der Waals surface area contributed by atoms with Crippen LogP contribution in [0.3, 0.4) is 0 Å². The molecule has 5 heteroatoms. The maximum atomic E-state index is 15.0. The summed E-state index contributed by atoms with van der Waals surface area (Å²) >= 11 is 0. The summed E-state index contributed by atoms with van der Waals surface area (Å²) in [6.07, 6.45) is 3.49. The van der Waals surface area contributed by atoms with Crippen molar-refractivity contribution in [1.82, 2.24) is 15.0 Å². The van der Waals surface area contributed by atoms with Crippen LogP contribution in [0, 0.1) is 0 Å². The highest BCUT2D eigenvalue weighted by atomic mass is 16.5. The van der Waals surface area contributed by atoms with E-state index < -0.39 is 16.2 Å². The Morgan fingerprint density at radius 3 is 1.14 bits per heavy atom. The lowest BCUT2D eigenvalue weighted by molar-refractivity contribution is -0.134. The van der Waals surface area contributed by atoms with Crippen LogP contribution in [0.25, 0.3) is 98.8 Å². The number of nitrogens with zero attached hydrogens (tertiary/aromatic N) is 3. The molecule has 5 nitrogen and oxygen atoms in total. The molecule has 0 N–H and O–H groups in total. The summed E-state index contributed by atoms with van der Waals surface area (Å²) in [6.45, 7) is 0. The van der Waals surface area contributed by atoms with Gasteiger partial charge in [0, 0.05) is 55.5 Å². The third kappa shape index (κ3) is 7.27. The molecule has 0 spiro atoms. The monoisotopic (exact) mass is 1080 g/mol. The molecule has 3 heterocycles. The molecule has 0 fully saturated rings. The smallest absolute Gasteiger partial charge is 0.311 e. The summed E-state index contributed by atoms with van der Waals surface area (Å²) in [5.41, 5.74) is 15.8. The molecule has 0 saturated carbocycles. The van der Waals surface area contributed by atoms with Crippen molar-refractivity contribution >= 4 is 71.0 Å². The molecule has 0 amide bonds. The Labute approximate surface area is 486 Å². The van der Waals surface area contributed by atoms with Crippen LogP contribution in [0.15, 0.2) is 261 Å². The molecule has 3 aliphatic rings. The van der Waals surface area contributed by atoms with Crippen molar-refractivity contribution in [3.8, 4) is 39.5 Å². The number of ether oxygens (including phenoxy) is 1. The predicted molar refractivity (Wildman–Crippen MR) is 342 cm³/mol. The second-order valence-corrected chi connectivity index (χ2v) is 23.7. The average molecular weight is 1080 g/mol. The van der Waals surface area contributed by atoms with Gasteiger partial charge in [0.25, 0.3) is 0 Å². The van der Waals surface area contributed by atoms with E-state index in [0.717, 1.165) is 84.5 Å². The largest absolute Gasteiger partial charge is 0.427 e. The van der Waals surface area contributed by atoms with Gasteiger partial charge in [-0.2, -0.15) is 0 Å². The number of hydrogen-bond acceptors (Lipinski definition) is 5. The summed E-state index contributed by atoms with van der Waals surface area (Å²) in [5.74, 6) is 0.266. The lowest BCUT2D eigenvalue weighted by atomic mass is 9.54. The van der Waals surface area contributed by atoms with E-state index in [1.54, 1.807) is 0 Å². The molecule has 11 aromatic carbocycles. The Kier molecular flexibility index (Phi) is 10.8. The molecule has 398 valence electrons. The fourth-order valence-electron chi connectivity index (χ4n) is 15.8. The normalized spacial score (nSPS) is 18.0. The number of esters is 1. The third-order valence-electron chi connectivity index (χ3n) is 19.4. The number of carbonyl (C=O) groups is 1. The Morgan fingerprint density at radius 1 is 0.333 bits per heavy atom. The molecule has 17 rings (SSSR count). The number of aromatic nitrogens is 3. The molecule has 84 heavy (non-hydrogen) atoms. The summed E-state index contributed by atoms with van der Waals surface area (Å²) in [5, 5.41) is 10.3. The highest BCUT2D eigenvalue weighted by Gasteiger charge is 2.59. The molecule has 0 bridgehead atoms. The molecule has 0 aliphatic heterocycles. The van der Waals surface area contributed by atoms with Crippen LogP contribution in [0.1, 0.15) is 71.0 Å². The van der Waals surface area contributed by atoms with E-state index in [2.05, 4.69) is 231 Å². The van der Waals surface area contributed by atoms with E-state index >= 15 is 0 Å². The van der Waals surface area contributed by atoms with Crippen LogP contribution in [-0.4, -0.2) is 20.9 Å². The van der Waals surface area contributed by atoms with E-state index in [4.69, 9.17) is 19.7 Å². The Balaban J connectivity index is 1.02. The van der Waals surface area contributed by atoms with E-state index in [0.29, 0.717) is 25.0 Å². The molecular weight excluding hydrogens is 1020 g/mol. The van der Waals surface area contributed by atoms with E-state index in [1.807, 2.05) is 30.3 Å². The van der Waals surface area contributed by atoms with Crippen molar-refractivity contribution in [2.24, 2.45) is 0 Å². The standard InChI is InChI=1S/C79H55N3O2/c83-70(84-57-27-5-2-6-28-57)42-44-78(62-39-36-52-22-8-14-30-59(52)72(62)75-65(78)46-55-25-11-17-33-68(55)81-75)49-79(63-40-37-53-23-9-15-31-60(53)73(63)76-66(79)47-56-26-12-18-34-69(56)82-76)48-77(43-41-50-19-3-1-4-20-50)61-38-35-51-21-7-13-29-58(51)71(61)74-64(77)45-54-24-10-16-32-67(54)80-74/h1-40,45-47H,41-44,48-49H2/t77-,78+,79-/m1/s1. The van der Waals surface area contributed by atoms with Gasteiger partial charge in [0.1, 0.15) is 5.75 Å². The maximum Gasteiger partial charge on any atom is 0.311 e. The Morgan fingerprint density at radius 2 is 0.690 bits per heavy atom. The zero-order chi connectivity index (χ0) is 55.6. The van der Waals surface area contributed by atoms with Gasteiger partial charge in [0.05, 0.1) is 33.6 Å². The minimum absolute atomic E-state index is 0.156. The number of rotatable bonds is 11. The van der Waals surface area contributed by atoms with Crippen molar-refractivity contribution in [3.63, 3.8) is 0 Å². The van der Waals surface area contributed by atoms with Crippen molar-refractivity contribution in [1.29, 1.82) is 0 Å². The molecule has 0 saturated heterocycles. The van der Waals surface area contributed by atoms with Crippen molar-refractivity contribution in [2.75, 3.05) is 0 Å². The second-order valence-electron chi connectivity index (χ2n) is 23.7. The second kappa shape index (κ2) is 18.7. The van der Waals surface area contributed by atoms with Gasteiger partial charge in [-0.3, -0.25) is 4.79 Å². The van der Waals surface area contributed by atoms with Crippen LogP contribution in [0.2, 0.25) is 0 Å². The summed E-state index contributed by atoms with van der Waals surface area (Å²) in [4.78, 5) is 32.4. The summed E-state index contributed by atoms with van der Waals surface area (Å²) in [6, 6.07) is 94.7. The summed E-state index contributed by atoms with van der Waals surface area (Å²) < 4.78 is 6.31. The molecular formula is C79H55N3O2. The summed E-state index contributed by atoms with van der Waals surface area (Å²) in [7, 11) is 0. The zero-order valence-corrected chi connectivity index (χ0v) is 46.2. The quantitative estimate of drug-likeness (QED) is 0.0954. The number of benzene rings is 11. The molecule has 3 aromatic heterocycles. The predicted octanol–water partition coefficient (Wildman–Crippen LogP) is 18.8. The molecule has 14 aromatic rings. The lowest BCUT2D eigenvalue weighted by Gasteiger charge is -2.47. The van der Waals surface area contributed by atoms with Crippen LogP contribution in [0.5, 0.6) is 5.75 Å². The molecule has 3 atom stereocenters. The van der Waals surface area contributed by atoms with Gasteiger partial charge in [-0.15, -0.1) is 0 Å². The number of hydrogen-bond donors (Lipinski definition) is 0. The Bertz CT molecular complexity index is 5060. The van der Waals surface area contributed by atoms with Gasteiger partial charge in [-0.25, -0.2) is 15.0 Å². The average Bonchev–Trinajstić information content (AvgIpc) is 1.56. The zero-order valence-electron chi connectivity index (χ0n) is 46.2. The van der Waals surface area contributed by atoms with E-state index in [9.17, 15) is 4.79 Å². The first-order valence-corrected chi connectivity index (χ1v) is 29.5. The number of carbonyl (C=O) groups excluding carboxylic acids is 1. The Hall–Kier alpha value is -10.1. The van der Waals surface area contributed by atoms with Gasteiger partial charge in [-0.05, 0) is 152 Å². The van der Waals surface area contributed by atoms with Crippen LogP contribution < -0.4 is 4.74 Å². The maximum absolute atomic E-state index is 15.0. The fourth-order valence-corrected chi connectivity index (χ4v) is 15.8. The van der Waals surface area contributed by atoms with Crippen LogP contribution in [-0.2, 0) is 27.5 Å². The van der Waals surface area contributed by atoms with Gasteiger partial charge < -0.3 is 4.74 Å². The SMILES string of the molecule is O=C(CC[C@@]1(C[C@@]2(C[C@@]3(CCc4ccccc4)c4cc5ccccc5nc4-c4c3ccc3ccccc43)c3cc4ccccc4nc3-c3c2ccc2ccccc32)c2cc3ccccc3nc2-c2c1ccc1ccccc21)Oc1ccccc1. The van der Waals surface area contributed by atoms with E-state index in [-0.39, 0.29) is 12.4 Å². The van der Waals surface area contributed by atoms with Crippen LogP contribution in [0.4, 0.5) is 0 Å². The first-order chi connectivity index (χ1) is 41.4. The first-order valence-electron chi connectivity index (χ1n) is 29.5. The molecule has 0 radical (unpaired) electrons. The third-order valence-corrected chi connectivity index (χ3v) is 19.4. The van der Waals surface area contributed by atoms with Gasteiger partial charge in [-0.1, -0.05) is 212 Å². The first kappa shape index (κ1) is 48.6. The number of para-hydroxylation sites is 4. The van der Waals surface area contributed by atoms with Gasteiger partial charge in [0.15, 0.2) is 0 Å². The minimum Gasteiger partial charge on any atom is -0.427 e.